The lowest BCUT2D eigenvalue weighted by molar-refractivity contribution is -0.142. The van der Waals surface area contributed by atoms with Gasteiger partial charge in [0.05, 0.1) is 13.2 Å². The zero-order chi connectivity index (χ0) is 12.8. The van der Waals surface area contributed by atoms with E-state index in [0.717, 1.165) is 6.54 Å². The van der Waals surface area contributed by atoms with E-state index in [1.165, 1.54) is 34.6 Å². The van der Waals surface area contributed by atoms with Gasteiger partial charge in [-0.25, -0.2) is 0 Å². The Morgan fingerprint density at radius 1 is 1.50 bits per heavy atom. The Kier molecular flexibility index (Phi) is 5.08. The molecule has 0 amide bonds. The van der Waals surface area contributed by atoms with E-state index >= 15 is 0 Å². The van der Waals surface area contributed by atoms with E-state index in [9.17, 15) is 4.79 Å². The fourth-order valence-corrected chi connectivity index (χ4v) is 3.06. The fraction of sp³-hybridized carbons (Fsp3) is 0.500. The minimum atomic E-state index is -0.189. The Bertz CT molecular complexity index is 420. The molecule has 1 aliphatic rings. The number of hydrogen-bond acceptors (Lipinski definition) is 4. The van der Waals surface area contributed by atoms with E-state index in [-0.39, 0.29) is 12.5 Å². The summed E-state index contributed by atoms with van der Waals surface area (Å²) in [6.45, 7) is 3.26. The first-order chi connectivity index (χ1) is 8.79. The number of carbonyl (C=O) groups excluding carboxylic acids is 1. The van der Waals surface area contributed by atoms with Gasteiger partial charge in [0.15, 0.2) is 0 Å². The van der Waals surface area contributed by atoms with Crippen molar-refractivity contribution >= 4 is 17.7 Å². The lowest BCUT2D eigenvalue weighted by Gasteiger charge is -2.16. The summed E-state index contributed by atoms with van der Waals surface area (Å²) in [7, 11) is 0. The lowest BCUT2D eigenvalue weighted by atomic mass is 10.1. The van der Waals surface area contributed by atoms with Crippen LogP contribution in [0.15, 0.2) is 23.1 Å². The molecule has 0 unspecified atom stereocenters. The Hall–Kier alpha value is -1.00. The first-order valence-electron chi connectivity index (χ1n) is 6.40. The number of hydrogen-bond donors (Lipinski definition) is 1. The van der Waals surface area contributed by atoms with Crippen molar-refractivity contribution in [1.82, 2.24) is 5.32 Å². The van der Waals surface area contributed by atoms with Crippen LogP contribution in [0.4, 0.5) is 0 Å². The van der Waals surface area contributed by atoms with Crippen LogP contribution in [0.25, 0.3) is 0 Å². The van der Waals surface area contributed by atoms with Crippen LogP contribution in [0.2, 0.25) is 0 Å². The highest BCUT2D eigenvalue weighted by Gasteiger charge is 2.10. The van der Waals surface area contributed by atoms with Crippen LogP contribution >= 0.6 is 11.8 Å². The van der Waals surface area contributed by atoms with Crippen molar-refractivity contribution < 1.29 is 9.53 Å². The maximum absolute atomic E-state index is 11.2. The number of nitrogens with one attached hydrogen (secondary N) is 1. The van der Waals surface area contributed by atoms with E-state index in [1.54, 1.807) is 0 Å². The quantitative estimate of drug-likeness (QED) is 0.830. The highest BCUT2D eigenvalue weighted by molar-refractivity contribution is 7.99. The number of thioether (sulfide) groups is 1. The largest absolute Gasteiger partial charge is 0.465 e. The molecule has 0 radical (unpaired) electrons. The van der Waals surface area contributed by atoms with Gasteiger partial charge in [-0.1, -0.05) is 12.1 Å². The summed E-state index contributed by atoms with van der Waals surface area (Å²) in [5.41, 5.74) is 2.68. The molecule has 0 bridgehead atoms. The molecule has 0 atom stereocenters. The van der Waals surface area contributed by atoms with Crippen LogP contribution in [-0.2, 0) is 22.5 Å². The van der Waals surface area contributed by atoms with Crippen molar-refractivity contribution in [3.05, 3.63) is 29.3 Å². The van der Waals surface area contributed by atoms with Crippen molar-refractivity contribution in [2.24, 2.45) is 0 Å². The summed E-state index contributed by atoms with van der Waals surface area (Å²) in [5, 5.41) is 3.11. The lowest BCUT2D eigenvalue weighted by Crippen LogP contribution is -2.24. The maximum Gasteiger partial charge on any atom is 0.319 e. The summed E-state index contributed by atoms with van der Waals surface area (Å²) in [5.74, 6) is 1.04. The van der Waals surface area contributed by atoms with Crippen molar-refractivity contribution in [2.75, 3.05) is 18.9 Å². The predicted octanol–water partition coefficient (Wildman–Crippen LogP) is 2.38. The van der Waals surface area contributed by atoms with Gasteiger partial charge in [0.25, 0.3) is 0 Å². The zero-order valence-electron chi connectivity index (χ0n) is 10.7. The van der Waals surface area contributed by atoms with Gasteiger partial charge in [0.1, 0.15) is 0 Å². The van der Waals surface area contributed by atoms with Crippen LogP contribution < -0.4 is 5.32 Å². The summed E-state index contributed by atoms with van der Waals surface area (Å²) in [4.78, 5) is 12.6. The molecule has 1 aromatic rings. The molecule has 4 heteroatoms. The first kappa shape index (κ1) is 13.4. The second-order valence-corrected chi connectivity index (χ2v) is 5.44. The number of benzene rings is 1. The molecule has 98 valence electrons. The zero-order valence-corrected chi connectivity index (χ0v) is 11.5. The van der Waals surface area contributed by atoms with Crippen LogP contribution in [-0.4, -0.2) is 24.9 Å². The molecule has 0 fully saturated rings. The van der Waals surface area contributed by atoms with Gasteiger partial charge in [-0.3, -0.25) is 4.79 Å². The normalized spacial score (nSPS) is 14.1. The minimum absolute atomic E-state index is 0.189. The van der Waals surface area contributed by atoms with Crippen LogP contribution in [0.5, 0.6) is 0 Å². The summed E-state index contributed by atoms with van der Waals surface area (Å²) in [6, 6.07) is 6.58. The molecule has 3 nitrogen and oxygen atoms in total. The maximum atomic E-state index is 11.2. The van der Waals surface area contributed by atoms with Gasteiger partial charge >= 0.3 is 5.97 Å². The molecule has 1 N–H and O–H groups in total. The molecular weight excluding hydrogens is 246 g/mol. The molecule has 0 spiro atoms. The van der Waals surface area contributed by atoms with Gasteiger partial charge in [0, 0.05) is 11.4 Å². The molecule has 1 heterocycles. The number of fused-ring (bicyclic) bond motifs is 1. The van der Waals surface area contributed by atoms with Crippen LogP contribution in [0.3, 0.4) is 0 Å². The molecule has 0 saturated carbocycles. The minimum Gasteiger partial charge on any atom is -0.465 e. The molecule has 2 rings (SSSR count). The smallest absolute Gasteiger partial charge is 0.319 e. The number of aryl methyl sites for hydroxylation is 1. The molecule has 18 heavy (non-hydrogen) atoms. The second-order valence-electron chi connectivity index (χ2n) is 4.30. The predicted molar refractivity (Wildman–Crippen MR) is 73.8 cm³/mol. The van der Waals surface area contributed by atoms with Crippen molar-refractivity contribution in [1.29, 1.82) is 0 Å². The third-order valence-electron chi connectivity index (χ3n) is 2.88. The van der Waals surface area contributed by atoms with E-state index in [0.29, 0.717) is 6.61 Å². The SMILES string of the molecule is CCOC(=O)CNCc1ccc2c(c1)CCCS2. The summed E-state index contributed by atoms with van der Waals surface area (Å²) in [6.07, 6.45) is 2.44. The van der Waals surface area contributed by atoms with E-state index in [4.69, 9.17) is 4.74 Å². The van der Waals surface area contributed by atoms with E-state index in [1.807, 2.05) is 18.7 Å². The Morgan fingerprint density at radius 2 is 2.39 bits per heavy atom. The average molecular weight is 265 g/mol. The third kappa shape index (κ3) is 3.75. The standard InChI is InChI=1S/C14H19NO2S/c1-2-17-14(16)10-15-9-11-5-6-13-12(8-11)4-3-7-18-13/h5-6,8,15H,2-4,7,9-10H2,1H3. The van der Waals surface area contributed by atoms with Crippen molar-refractivity contribution in [2.45, 2.75) is 31.2 Å². The first-order valence-corrected chi connectivity index (χ1v) is 7.39. The van der Waals surface area contributed by atoms with Crippen LogP contribution in [0, 0.1) is 0 Å². The van der Waals surface area contributed by atoms with Gasteiger partial charge < -0.3 is 10.1 Å². The van der Waals surface area contributed by atoms with Crippen molar-refractivity contribution in [3.8, 4) is 0 Å². The Morgan fingerprint density at radius 3 is 3.22 bits per heavy atom. The van der Waals surface area contributed by atoms with Crippen LogP contribution in [0.1, 0.15) is 24.5 Å². The van der Waals surface area contributed by atoms with Gasteiger partial charge in [-0.15, -0.1) is 11.8 Å². The topological polar surface area (TPSA) is 38.3 Å². The second kappa shape index (κ2) is 6.81. The number of carbonyl (C=O) groups is 1. The van der Waals surface area contributed by atoms with Gasteiger partial charge in [-0.2, -0.15) is 0 Å². The average Bonchev–Trinajstić information content (AvgIpc) is 2.39. The third-order valence-corrected chi connectivity index (χ3v) is 4.08. The Balaban J connectivity index is 1.84. The molecule has 1 aromatic carbocycles. The number of ether oxygens (including phenoxy) is 1. The summed E-state index contributed by atoms with van der Waals surface area (Å²) >= 11 is 1.94. The molecular formula is C14H19NO2S. The summed E-state index contributed by atoms with van der Waals surface area (Å²) < 4.78 is 4.87. The number of rotatable bonds is 5. The van der Waals surface area contributed by atoms with Gasteiger partial charge in [0.2, 0.25) is 0 Å². The number of esters is 1. The molecule has 0 aliphatic carbocycles. The highest BCUT2D eigenvalue weighted by Crippen LogP contribution is 2.30. The highest BCUT2D eigenvalue weighted by atomic mass is 32.2. The van der Waals surface area contributed by atoms with E-state index < -0.39 is 0 Å². The Labute approximate surface area is 112 Å². The molecule has 1 aliphatic heterocycles. The van der Waals surface area contributed by atoms with Crippen molar-refractivity contribution in [3.63, 3.8) is 0 Å². The van der Waals surface area contributed by atoms with Gasteiger partial charge in [-0.05, 0) is 42.7 Å². The fourth-order valence-electron chi connectivity index (χ4n) is 2.04. The molecule has 0 saturated heterocycles. The molecule has 0 aromatic heterocycles. The van der Waals surface area contributed by atoms with E-state index in [2.05, 4.69) is 23.5 Å². The monoisotopic (exact) mass is 265 g/mol.